The number of aromatic nitrogens is 1. The molecule has 0 aliphatic carbocycles. The van der Waals surface area contributed by atoms with Gasteiger partial charge in [-0.2, -0.15) is 0 Å². The maximum atomic E-state index is 14.1. The van der Waals surface area contributed by atoms with Crippen molar-refractivity contribution < 1.29 is 28.9 Å². The zero-order valence-electron chi connectivity index (χ0n) is 12.0. The molecule has 0 unspecified atom stereocenters. The number of ether oxygens (including phenoxy) is 1. The van der Waals surface area contributed by atoms with E-state index in [1.807, 2.05) is 4.98 Å². The third-order valence-corrected chi connectivity index (χ3v) is 3.61. The maximum absolute atomic E-state index is 14.1. The molecule has 2 rings (SSSR count). The Bertz CT molecular complexity index is 924. The Morgan fingerprint density at radius 2 is 1.83 bits per heavy atom. The highest BCUT2D eigenvalue weighted by Crippen LogP contribution is 2.39. The molecule has 0 bridgehead atoms. The highest BCUT2D eigenvalue weighted by atomic mass is 79.9. The van der Waals surface area contributed by atoms with Gasteiger partial charge in [-0.1, -0.05) is 15.9 Å². The Kier molecular flexibility index (Phi) is 4.60. The molecule has 1 aromatic carbocycles. The van der Waals surface area contributed by atoms with Crippen molar-refractivity contribution in [2.45, 2.75) is 0 Å². The molecule has 0 aliphatic heterocycles. The number of halogens is 2. The Balaban J connectivity index is 3.11. The summed E-state index contributed by atoms with van der Waals surface area (Å²) in [6, 6.07) is 2.27. The number of methoxy groups -OCH3 is 1. The summed E-state index contributed by atoms with van der Waals surface area (Å²) in [5, 5.41) is 18.7. The average Bonchev–Trinajstić information content (AvgIpc) is 2.44. The van der Waals surface area contributed by atoms with Crippen molar-refractivity contribution in [1.29, 1.82) is 0 Å². The molecule has 0 saturated carbocycles. The Labute approximate surface area is 141 Å². The molecule has 0 saturated heterocycles. The van der Waals surface area contributed by atoms with Gasteiger partial charge in [0.2, 0.25) is 0 Å². The van der Waals surface area contributed by atoms with Gasteiger partial charge in [0, 0.05) is 15.6 Å². The van der Waals surface area contributed by atoms with Crippen LogP contribution in [0.1, 0.15) is 20.7 Å². The molecule has 24 heavy (non-hydrogen) atoms. The van der Waals surface area contributed by atoms with Crippen LogP contribution in [-0.2, 0) is 0 Å². The Morgan fingerprint density at radius 3 is 2.33 bits per heavy atom. The average molecular weight is 401 g/mol. The number of nitrogens with two attached hydrogens (primary N) is 1. The lowest BCUT2D eigenvalue weighted by Crippen LogP contribution is -2.24. The largest absolute Gasteiger partial charge is 0.493 e. The van der Waals surface area contributed by atoms with Gasteiger partial charge in [-0.25, -0.2) is 14.0 Å². The van der Waals surface area contributed by atoms with E-state index in [0.29, 0.717) is 0 Å². The first-order valence-corrected chi connectivity index (χ1v) is 7.04. The fraction of sp³-hybridized carbons (Fsp3) is 0.0714. The summed E-state index contributed by atoms with van der Waals surface area (Å²) in [5.74, 6) is -5.16. The van der Waals surface area contributed by atoms with Gasteiger partial charge in [0.1, 0.15) is 16.9 Å². The van der Waals surface area contributed by atoms with E-state index in [1.54, 1.807) is 0 Å². The number of carboxylic acid groups (broad SMARTS) is 2. The minimum Gasteiger partial charge on any atom is -0.493 e. The summed E-state index contributed by atoms with van der Waals surface area (Å²) >= 11 is 3.03. The minimum atomic E-state index is -1.70. The third kappa shape index (κ3) is 2.83. The summed E-state index contributed by atoms with van der Waals surface area (Å²) in [5.41, 5.74) is 2.04. The van der Waals surface area contributed by atoms with Crippen molar-refractivity contribution in [2.24, 2.45) is 0 Å². The number of hydrogen-bond acceptors (Lipinski definition) is 5. The normalized spacial score (nSPS) is 10.5. The van der Waals surface area contributed by atoms with E-state index in [1.165, 1.54) is 6.07 Å². The van der Waals surface area contributed by atoms with Crippen molar-refractivity contribution in [3.8, 4) is 16.9 Å². The first-order valence-electron chi connectivity index (χ1n) is 6.24. The monoisotopic (exact) mass is 400 g/mol. The number of aromatic carboxylic acids is 2. The van der Waals surface area contributed by atoms with Gasteiger partial charge in [0.25, 0.3) is 5.56 Å². The second kappa shape index (κ2) is 6.32. The molecule has 8 nitrogen and oxygen atoms in total. The topological polar surface area (TPSA) is 143 Å². The predicted molar refractivity (Wildman–Crippen MR) is 85.0 cm³/mol. The van der Waals surface area contributed by atoms with Crippen molar-refractivity contribution in [2.75, 3.05) is 12.8 Å². The first kappa shape index (κ1) is 17.5. The number of rotatable bonds is 4. The van der Waals surface area contributed by atoms with Crippen LogP contribution in [0.15, 0.2) is 21.4 Å². The summed E-state index contributed by atoms with van der Waals surface area (Å²) in [7, 11) is 1.12. The molecule has 0 fully saturated rings. The molecule has 1 aromatic heterocycles. The number of carbonyl (C=O) groups is 2. The number of benzene rings is 1. The van der Waals surface area contributed by atoms with Gasteiger partial charge in [-0.3, -0.25) is 4.79 Å². The van der Waals surface area contributed by atoms with E-state index >= 15 is 0 Å². The predicted octanol–water partition coefficient (Wildman–Crippen LogP) is 1.93. The van der Waals surface area contributed by atoms with E-state index < -0.39 is 51.6 Å². The van der Waals surface area contributed by atoms with Crippen molar-refractivity contribution in [1.82, 2.24) is 4.98 Å². The zero-order valence-corrected chi connectivity index (χ0v) is 13.6. The highest BCUT2D eigenvalue weighted by molar-refractivity contribution is 9.10. The quantitative estimate of drug-likeness (QED) is 0.613. The van der Waals surface area contributed by atoms with Crippen LogP contribution in [0, 0.1) is 5.82 Å². The second-order valence-electron chi connectivity index (χ2n) is 4.57. The third-order valence-electron chi connectivity index (χ3n) is 3.15. The molecule has 1 heterocycles. The molecule has 2 aromatic rings. The van der Waals surface area contributed by atoms with E-state index in [4.69, 9.17) is 10.5 Å². The number of hydrogen-bond donors (Lipinski definition) is 4. The van der Waals surface area contributed by atoms with Gasteiger partial charge >= 0.3 is 11.9 Å². The molecular weight excluding hydrogens is 391 g/mol. The first-order chi connectivity index (χ1) is 11.2. The Morgan fingerprint density at radius 1 is 1.25 bits per heavy atom. The molecule has 0 atom stereocenters. The molecule has 0 radical (unpaired) electrons. The van der Waals surface area contributed by atoms with Gasteiger partial charge < -0.3 is 25.7 Å². The number of nitrogen functional groups attached to an aromatic ring is 1. The van der Waals surface area contributed by atoms with Gasteiger partial charge in [0.15, 0.2) is 11.6 Å². The highest BCUT2D eigenvalue weighted by Gasteiger charge is 2.29. The van der Waals surface area contributed by atoms with Crippen molar-refractivity contribution in [3.05, 3.63) is 43.9 Å². The van der Waals surface area contributed by atoms with Crippen LogP contribution in [0.3, 0.4) is 0 Å². The van der Waals surface area contributed by atoms with Crippen molar-refractivity contribution in [3.63, 3.8) is 0 Å². The maximum Gasteiger partial charge on any atom is 0.342 e. The lowest BCUT2D eigenvalue weighted by molar-refractivity contribution is 0.0695. The number of carboxylic acids is 2. The standard InChI is InChI=1S/C14H10BrFN2O6/c1-24-10-5(2-4(15)3-6(10)16)7-8(13(20)21)11(17)18-12(19)9(7)14(22)23/h2-3H,1H3,(H,20,21)(H,22,23)(H3,17,18,19). The molecule has 0 aliphatic rings. The van der Waals surface area contributed by atoms with Crippen LogP contribution >= 0.6 is 15.9 Å². The van der Waals surface area contributed by atoms with Crippen LogP contribution in [0.5, 0.6) is 5.75 Å². The number of aromatic amines is 1. The number of H-pyrrole nitrogens is 1. The molecule has 10 heteroatoms. The van der Waals surface area contributed by atoms with Crippen LogP contribution in [0.25, 0.3) is 11.1 Å². The number of anilines is 1. The minimum absolute atomic E-state index is 0.183. The van der Waals surface area contributed by atoms with Crippen LogP contribution in [0.2, 0.25) is 0 Å². The zero-order chi connectivity index (χ0) is 18.2. The molecule has 0 spiro atoms. The molecule has 126 valence electrons. The van der Waals surface area contributed by atoms with Gasteiger partial charge in [0.05, 0.1) is 7.11 Å². The smallest absolute Gasteiger partial charge is 0.342 e. The summed E-state index contributed by atoms with van der Waals surface area (Å²) in [4.78, 5) is 36.9. The van der Waals surface area contributed by atoms with Crippen molar-refractivity contribution >= 4 is 33.7 Å². The fourth-order valence-corrected chi connectivity index (χ4v) is 2.70. The molecular formula is C14H10BrFN2O6. The van der Waals surface area contributed by atoms with Crippen LogP contribution in [0.4, 0.5) is 10.2 Å². The lowest BCUT2D eigenvalue weighted by Gasteiger charge is -2.15. The Hall–Kier alpha value is -2.88. The second-order valence-corrected chi connectivity index (χ2v) is 5.49. The number of nitrogens with one attached hydrogen (secondary N) is 1. The van der Waals surface area contributed by atoms with E-state index in [2.05, 4.69) is 15.9 Å². The van der Waals surface area contributed by atoms with Crippen LogP contribution in [-0.4, -0.2) is 34.2 Å². The van der Waals surface area contributed by atoms with E-state index in [9.17, 15) is 29.0 Å². The van der Waals surface area contributed by atoms with Crippen LogP contribution < -0.4 is 16.0 Å². The summed E-state index contributed by atoms with van der Waals surface area (Å²) in [6.45, 7) is 0. The SMILES string of the molecule is COc1c(F)cc(Br)cc1-c1c(C(=O)O)c(N)[nH]c(=O)c1C(=O)O. The van der Waals surface area contributed by atoms with Gasteiger partial charge in [-0.15, -0.1) is 0 Å². The molecule has 0 amide bonds. The van der Waals surface area contributed by atoms with E-state index in [0.717, 1.165) is 13.2 Å². The fourth-order valence-electron chi connectivity index (χ4n) is 2.27. The lowest BCUT2D eigenvalue weighted by atomic mass is 9.94. The van der Waals surface area contributed by atoms with E-state index in [-0.39, 0.29) is 10.0 Å². The van der Waals surface area contributed by atoms with Gasteiger partial charge in [-0.05, 0) is 12.1 Å². The molecule has 5 N–H and O–H groups in total. The summed E-state index contributed by atoms with van der Waals surface area (Å²) < 4.78 is 19.2. The summed E-state index contributed by atoms with van der Waals surface area (Å²) in [6.07, 6.45) is 0. The number of pyridine rings is 1.